The first-order chi connectivity index (χ1) is 12.8. The molecule has 26 heavy (non-hydrogen) atoms. The molecular weight excluding hydrogens is 322 g/mol. The number of aromatic nitrogens is 3. The highest BCUT2D eigenvalue weighted by atomic mass is 15.1. The highest BCUT2D eigenvalue weighted by Crippen LogP contribution is 2.25. The Kier molecular flexibility index (Phi) is 3.60. The first-order valence-corrected chi connectivity index (χ1v) is 9.12. The number of fused-ring (bicyclic) bond motifs is 2. The van der Waals surface area contributed by atoms with Gasteiger partial charge in [0, 0.05) is 30.2 Å². The van der Waals surface area contributed by atoms with Crippen molar-refractivity contribution in [1.29, 1.82) is 0 Å². The summed E-state index contributed by atoms with van der Waals surface area (Å²) in [5.41, 5.74) is 10.3. The Morgan fingerprint density at radius 3 is 2.65 bits per heavy atom. The second kappa shape index (κ2) is 6.11. The minimum absolute atomic E-state index is 0.348. The van der Waals surface area contributed by atoms with Crippen molar-refractivity contribution in [1.82, 2.24) is 14.5 Å². The molecule has 1 aliphatic rings. The second-order valence-corrected chi connectivity index (χ2v) is 6.97. The summed E-state index contributed by atoms with van der Waals surface area (Å²) in [5.74, 6) is 0.892. The van der Waals surface area contributed by atoms with E-state index >= 15 is 0 Å². The van der Waals surface area contributed by atoms with E-state index in [1.54, 1.807) is 0 Å². The van der Waals surface area contributed by atoms with Gasteiger partial charge in [-0.05, 0) is 55.3 Å². The Morgan fingerprint density at radius 1 is 0.923 bits per heavy atom. The molecule has 0 saturated carbocycles. The van der Waals surface area contributed by atoms with Gasteiger partial charge in [0.15, 0.2) is 0 Å². The van der Waals surface area contributed by atoms with Crippen molar-refractivity contribution in [2.24, 2.45) is 5.73 Å². The maximum Gasteiger partial charge on any atom is 0.139 e. The normalized spacial score (nSPS) is 15.8. The van der Waals surface area contributed by atoms with Crippen LogP contribution in [0, 0.1) is 0 Å². The average molecular weight is 343 g/mol. The van der Waals surface area contributed by atoms with Gasteiger partial charge in [-0.2, -0.15) is 0 Å². The van der Waals surface area contributed by atoms with E-state index in [-0.39, 0.29) is 0 Å². The number of nitrogens with two attached hydrogens (primary N) is 1. The molecule has 3 heterocycles. The van der Waals surface area contributed by atoms with Gasteiger partial charge in [-0.15, -0.1) is 0 Å². The first-order valence-electron chi connectivity index (χ1n) is 9.12. The van der Waals surface area contributed by atoms with Gasteiger partial charge in [0.25, 0.3) is 0 Å². The van der Waals surface area contributed by atoms with Crippen LogP contribution in [-0.4, -0.2) is 33.7 Å². The largest absolute Gasteiger partial charge is 0.371 e. The molecule has 2 aromatic heterocycles. The van der Waals surface area contributed by atoms with Crippen LogP contribution in [0.15, 0.2) is 60.9 Å². The predicted molar refractivity (Wildman–Crippen MR) is 106 cm³/mol. The number of hydrogen-bond acceptors (Lipinski definition) is 4. The van der Waals surface area contributed by atoms with Crippen molar-refractivity contribution in [3.05, 3.63) is 60.9 Å². The Bertz CT molecular complexity index is 1080. The van der Waals surface area contributed by atoms with Gasteiger partial charge in [-0.1, -0.05) is 12.1 Å². The van der Waals surface area contributed by atoms with E-state index in [0.717, 1.165) is 53.7 Å². The topological polar surface area (TPSA) is 60.0 Å². The molecule has 0 bridgehead atoms. The molecule has 1 aliphatic heterocycles. The number of para-hydroxylation sites is 2. The maximum absolute atomic E-state index is 6.02. The Labute approximate surface area is 152 Å². The zero-order chi connectivity index (χ0) is 17.5. The minimum Gasteiger partial charge on any atom is -0.371 e. The average Bonchev–Trinajstić information content (AvgIpc) is 3.12. The molecule has 0 radical (unpaired) electrons. The third kappa shape index (κ3) is 2.61. The molecule has 0 atom stereocenters. The van der Waals surface area contributed by atoms with E-state index in [1.165, 1.54) is 5.69 Å². The summed E-state index contributed by atoms with van der Waals surface area (Å²) in [5, 5.41) is 1.16. The smallest absolute Gasteiger partial charge is 0.139 e. The molecule has 5 nitrogen and oxygen atoms in total. The summed E-state index contributed by atoms with van der Waals surface area (Å²) in [7, 11) is 0. The first kappa shape index (κ1) is 15.3. The molecule has 4 aromatic rings. The van der Waals surface area contributed by atoms with Crippen molar-refractivity contribution >= 4 is 27.6 Å². The monoisotopic (exact) mass is 343 g/mol. The minimum atomic E-state index is 0.348. The van der Waals surface area contributed by atoms with Crippen LogP contribution in [0.4, 0.5) is 5.69 Å². The maximum atomic E-state index is 6.02. The summed E-state index contributed by atoms with van der Waals surface area (Å²) < 4.78 is 2.04. The van der Waals surface area contributed by atoms with E-state index in [0.29, 0.717) is 6.04 Å². The molecule has 130 valence electrons. The van der Waals surface area contributed by atoms with E-state index in [1.807, 2.05) is 29.1 Å². The highest BCUT2D eigenvalue weighted by Gasteiger charge is 2.16. The Morgan fingerprint density at radius 2 is 1.77 bits per heavy atom. The summed E-state index contributed by atoms with van der Waals surface area (Å²) in [4.78, 5) is 11.7. The van der Waals surface area contributed by atoms with Gasteiger partial charge in [0.05, 0.1) is 16.6 Å². The van der Waals surface area contributed by atoms with Crippen LogP contribution in [-0.2, 0) is 0 Å². The standard InChI is InChI=1S/C21H21N5/c22-16-9-11-25(12-10-16)17-6-7-18-15(13-17)5-8-21(24-18)26-14-23-19-3-1-2-4-20(19)26/h1-8,13-14,16H,9-12,22H2. The molecule has 1 fully saturated rings. The Balaban J connectivity index is 1.51. The van der Waals surface area contributed by atoms with Gasteiger partial charge < -0.3 is 10.6 Å². The lowest BCUT2D eigenvalue weighted by Crippen LogP contribution is -2.39. The zero-order valence-electron chi connectivity index (χ0n) is 14.5. The SMILES string of the molecule is NC1CCN(c2ccc3nc(-n4cnc5ccccc54)ccc3c2)CC1. The third-order valence-electron chi connectivity index (χ3n) is 5.26. The van der Waals surface area contributed by atoms with Crippen molar-refractivity contribution in [3.63, 3.8) is 0 Å². The Hall–Kier alpha value is -2.92. The molecule has 2 aromatic carbocycles. The number of benzene rings is 2. The number of hydrogen-bond donors (Lipinski definition) is 1. The molecule has 0 aliphatic carbocycles. The van der Waals surface area contributed by atoms with Crippen LogP contribution in [0.5, 0.6) is 0 Å². The van der Waals surface area contributed by atoms with Gasteiger partial charge in [-0.25, -0.2) is 9.97 Å². The summed E-state index contributed by atoms with van der Waals surface area (Å²) >= 11 is 0. The molecular formula is C21H21N5. The van der Waals surface area contributed by atoms with Crippen molar-refractivity contribution in [2.75, 3.05) is 18.0 Å². The van der Waals surface area contributed by atoms with Gasteiger partial charge >= 0.3 is 0 Å². The van der Waals surface area contributed by atoms with E-state index in [9.17, 15) is 0 Å². The summed E-state index contributed by atoms with van der Waals surface area (Å²) in [6, 6.07) is 19.2. The number of imidazole rings is 1. The fourth-order valence-electron chi connectivity index (χ4n) is 3.73. The van der Waals surface area contributed by atoms with E-state index in [4.69, 9.17) is 10.7 Å². The summed E-state index contributed by atoms with van der Waals surface area (Å²) in [6.07, 6.45) is 3.95. The molecule has 2 N–H and O–H groups in total. The van der Waals surface area contributed by atoms with Crippen molar-refractivity contribution in [2.45, 2.75) is 18.9 Å². The number of anilines is 1. The molecule has 5 heteroatoms. The van der Waals surface area contributed by atoms with Crippen LogP contribution >= 0.6 is 0 Å². The lowest BCUT2D eigenvalue weighted by atomic mass is 10.0. The highest BCUT2D eigenvalue weighted by molar-refractivity contribution is 5.84. The van der Waals surface area contributed by atoms with Gasteiger partial charge in [0.2, 0.25) is 0 Å². The van der Waals surface area contributed by atoms with Crippen molar-refractivity contribution in [3.8, 4) is 5.82 Å². The lowest BCUT2D eigenvalue weighted by Gasteiger charge is -2.32. The second-order valence-electron chi connectivity index (χ2n) is 6.97. The molecule has 0 spiro atoms. The molecule has 0 unspecified atom stereocenters. The van der Waals surface area contributed by atoms with Crippen LogP contribution in [0.2, 0.25) is 0 Å². The fourth-order valence-corrected chi connectivity index (χ4v) is 3.73. The quantitative estimate of drug-likeness (QED) is 0.605. The fraction of sp³-hybridized carbons (Fsp3) is 0.238. The zero-order valence-corrected chi connectivity index (χ0v) is 14.5. The lowest BCUT2D eigenvalue weighted by molar-refractivity contribution is 0.501. The summed E-state index contributed by atoms with van der Waals surface area (Å²) in [6.45, 7) is 2.05. The van der Waals surface area contributed by atoms with Crippen molar-refractivity contribution < 1.29 is 0 Å². The van der Waals surface area contributed by atoms with E-state index in [2.05, 4.69) is 46.3 Å². The third-order valence-corrected chi connectivity index (χ3v) is 5.26. The number of nitrogens with zero attached hydrogens (tertiary/aromatic N) is 4. The predicted octanol–water partition coefficient (Wildman–Crippen LogP) is 3.50. The van der Waals surface area contributed by atoms with Crippen LogP contribution in [0.3, 0.4) is 0 Å². The van der Waals surface area contributed by atoms with Crippen LogP contribution in [0.1, 0.15) is 12.8 Å². The molecule has 1 saturated heterocycles. The van der Waals surface area contributed by atoms with Crippen LogP contribution < -0.4 is 10.6 Å². The van der Waals surface area contributed by atoms with Gasteiger partial charge in [0.1, 0.15) is 12.1 Å². The molecule has 5 rings (SSSR count). The number of rotatable bonds is 2. The number of pyridine rings is 1. The molecule has 0 amide bonds. The van der Waals surface area contributed by atoms with Crippen LogP contribution in [0.25, 0.3) is 27.8 Å². The number of piperidine rings is 1. The van der Waals surface area contributed by atoms with E-state index < -0.39 is 0 Å². The van der Waals surface area contributed by atoms with Gasteiger partial charge in [-0.3, -0.25) is 4.57 Å².